The minimum atomic E-state index is 0.447. The first-order valence-corrected chi connectivity index (χ1v) is 4.60. The molecule has 0 nitrogen and oxygen atoms in total. The monoisotopic (exact) mass is 170 g/mol. The first-order valence-electron chi connectivity index (χ1n) is 4.60. The van der Waals surface area contributed by atoms with Crippen LogP contribution in [0.4, 0.5) is 0 Å². The molecule has 0 radical (unpaired) electrons. The molecule has 0 fully saturated rings. The van der Waals surface area contributed by atoms with Gasteiger partial charge in [-0.3, -0.25) is 0 Å². The minimum absolute atomic E-state index is 0.447. The average molecular weight is 170 g/mol. The van der Waals surface area contributed by atoms with Gasteiger partial charge in [-0.1, -0.05) is 43.8 Å². The third-order valence-corrected chi connectivity index (χ3v) is 2.91. The summed E-state index contributed by atoms with van der Waals surface area (Å²) in [6.45, 7) is 12.4. The minimum Gasteiger partial charge on any atom is -0.0946 e. The molecule has 1 aliphatic carbocycles. The quantitative estimate of drug-likeness (QED) is 0.557. The number of fused-ring (bicyclic) bond motifs is 1. The van der Waals surface area contributed by atoms with Crippen molar-refractivity contribution in [2.45, 2.75) is 19.8 Å². The third kappa shape index (κ3) is 1.06. The van der Waals surface area contributed by atoms with Gasteiger partial charge < -0.3 is 0 Å². The second kappa shape index (κ2) is 2.59. The summed E-state index contributed by atoms with van der Waals surface area (Å²) in [5, 5.41) is 0. The Kier molecular flexibility index (Phi) is 1.66. The van der Waals surface area contributed by atoms with Gasteiger partial charge in [0.2, 0.25) is 0 Å². The predicted octanol–water partition coefficient (Wildman–Crippen LogP) is 3.68. The zero-order chi connectivity index (χ0) is 9.59. The Labute approximate surface area is 79.6 Å². The van der Waals surface area contributed by atoms with Gasteiger partial charge in [-0.2, -0.15) is 0 Å². The lowest BCUT2D eigenvalue weighted by Gasteiger charge is -2.04. The summed E-state index contributed by atoms with van der Waals surface area (Å²) in [5.41, 5.74) is 6.26. The van der Waals surface area contributed by atoms with E-state index in [1.54, 1.807) is 0 Å². The summed E-state index contributed by atoms with van der Waals surface area (Å²) in [6.07, 6.45) is 0. The van der Waals surface area contributed by atoms with Crippen LogP contribution in [0.15, 0.2) is 36.9 Å². The van der Waals surface area contributed by atoms with Gasteiger partial charge in [-0.25, -0.2) is 0 Å². The molecule has 0 spiro atoms. The highest BCUT2D eigenvalue weighted by atomic mass is 14.3. The lowest BCUT2D eigenvalue weighted by molar-refractivity contribution is 0.960. The van der Waals surface area contributed by atoms with E-state index in [0.29, 0.717) is 5.92 Å². The van der Waals surface area contributed by atoms with Crippen LogP contribution >= 0.6 is 0 Å². The Hall–Kier alpha value is -1.30. The van der Waals surface area contributed by atoms with Gasteiger partial charge in [0.15, 0.2) is 0 Å². The fraction of sp³-hybridized carbons (Fsp3) is 0.231. The van der Waals surface area contributed by atoms with Gasteiger partial charge in [0.1, 0.15) is 0 Å². The van der Waals surface area contributed by atoms with E-state index < -0.39 is 0 Å². The molecule has 0 aliphatic heterocycles. The van der Waals surface area contributed by atoms with Crippen molar-refractivity contribution in [3.8, 4) is 0 Å². The van der Waals surface area contributed by atoms with Crippen molar-refractivity contribution in [1.29, 1.82) is 0 Å². The molecular weight excluding hydrogens is 156 g/mol. The van der Waals surface area contributed by atoms with Gasteiger partial charge in [-0.15, -0.1) is 0 Å². The van der Waals surface area contributed by atoms with E-state index in [0.717, 1.165) is 5.57 Å². The molecule has 0 saturated carbocycles. The highest BCUT2D eigenvalue weighted by Gasteiger charge is 2.24. The summed E-state index contributed by atoms with van der Waals surface area (Å²) >= 11 is 0. The molecule has 0 N–H and O–H groups in total. The van der Waals surface area contributed by atoms with Crippen molar-refractivity contribution in [1.82, 2.24) is 0 Å². The number of allylic oxidation sites excluding steroid dienone is 2. The highest BCUT2D eigenvalue weighted by molar-refractivity contribution is 5.85. The van der Waals surface area contributed by atoms with Crippen molar-refractivity contribution in [3.63, 3.8) is 0 Å². The first-order chi connectivity index (χ1) is 6.11. The Balaban J connectivity index is 2.67. The largest absolute Gasteiger partial charge is 0.0946 e. The van der Waals surface area contributed by atoms with Gasteiger partial charge in [0, 0.05) is 5.92 Å². The van der Waals surface area contributed by atoms with E-state index in [4.69, 9.17) is 0 Å². The molecule has 1 aromatic carbocycles. The number of aryl methyl sites for hydroxylation is 1. The molecule has 0 heterocycles. The SMILES string of the molecule is C=C1C(=C)C(C)c2cc(C)ccc21. The van der Waals surface area contributed by atoms with Crippen molar-refractivity contribution < 1.29 is 0 Å². The Morgan fingerprint density at radius 1 is 1.23 bits per heavy atom. The molecule has 2 rings (SSSR count). The van der Waals surface area contributed by atoms with E-state index in [-0.39, 0.29) is 0 Å². The van der Waals surface area contributed by atoms with Crippen molar-refractivity contribution in [3.05, 3.63) is 53.6 Å². The van der Waals surface area contributed by atoms with Crippen LogP contribution in [0.25, 0.3) is 5.57 Å². The number of hydrogen-bond donors (Lipinski definition) is 0. The number of benzene rings is 1. The fourth-order valence-corrected chi connectivity index (χ4v) is 1.94. The maximum atomic E-state index is 4.06. The van der Waals surface area contributed by atoms with E-state index in [9.17, 15) is 0 Å². The predicted molar refractivity (Wildman–Crippen MR) is 57.8 cm³/mol. The van der Waals surface area contributed by atoms with Gasteiger partial charge >= 0.3 is 0 Å². The smallest absolute Gasteiger partial charge is 0.00673 e. The Bertz CT molecular complexity index is 396. The first kappa shape index (κ1) is 8.31. The molecule has 13 heavy (non-hydrogen) atoms. The molecule has 66 valence electrons. The molecule has 1 atom stereocenters. The van der Waals surface area contributed by atoms with Crippen LogP contribution in [-0.4, -0.2) is 0 Å². The molecule has 0 heteroatoms. The topological polar surface area (TPSA) is 0 Å². The molecule has 1 unspecified atom stereocenters. The maximum Gasteiger partial charge on any atom is 0.00673 e. The van der Waals surface area contributed by atoms with Crippen LogP contribution in [0.3, 0.4) is 0 Å². The lowest BCUT2D eigenvalue weighted by atomic mass is 10.00. The zero-order valence-corrected chi connectivity index (χ0v) is 8.22. The zero-order valence-electron chi connectivity index (χ0n) is 8.22. The molecule has 0 bridgehead atoms. The standard InChI is InChI=1S/C13H14/c1-8-5-6-12-10(3)9(2)11(4)13(12)7-8/h5-7,11H,2-3H2,1,4H3. The Morgan fingerprint density at radius 3 is 2.62 bits per heavy atom. The molecule has 0 aromatic heterocycles. The van der Waals surface area contributed by atoms with Crippen molar-refractivity contribution in [2.75, 3.05) is 0 Å². The van der Waals surface area contributed by atoms with Gasteiger partial charge in [0.05, 0.1) is 0 Å². The van der Waals surface area contributed by atoms with Crippen LogP contribution in [0.5, 0.6) is 0 Å². The maximum absolute atomic E-state index is 4.06. The highest BCUT2D eigenvalue weighted by Crippen LogP contribution is 2.43. The fourth-order valence-electron chi connectivity index (χ4n) is 1.94. The van der Waals surface area contributed by atoms with Crippen molar-refractivity contribution >= 4 is 5.57 Å². The number of hydrogen-bond acceptors (Lipinski definition) is 0. The van der Waals surface area contributed by atoms with Gasteiger partial charge in [0.25, 0.3) is 0 Å². The summed E-state index contributed by atoms with van der Waals surface area (Å²) in [6, 6.07) is 6.53. The van der Waals surface area contributed by atoms with Crippen LogP contribution in [0.2, 0.25) is 0 Å². The second-order valence-corrected chi connectivity index (χ2v) is 3.82. The van der Waals surface area contributed by atoms with Gasteiger partial charge in [-0.05, 0) is 29.2 Å². The normalized spacial score (nSPS) is 20.6. The van der Waals surface area contributed by atoms with E-state index in [1.807, 2.05) is 0 Å². The summed E-state index contributed by atoms with van der Waals surface area (Å²) in [4.78, 5) is 0. The van der Waals surface area contributed by atoms with E-state index in [2.05, 4.69) is 45.2 Å². The Morgan fingerprint density at radius 2 is 1.92 bits per heavy atom. The van der Waals surface area contributed by atoms with E-state index in [1.165, 1.54) is 22.3 Å². The average Bonchev–Trinajstić information content (AvgIpc) is 2.32. The van der Waals surface area contributed by atoms with E-state index >= 15 is 0 Å². The molecular formula is C13H14. The van der Waals surface area contributed by atoms with Crippen molar-refractivity contribution in [2.24, 2.45) is 0 Å². The van der Waals surface area contributed by atoms with Crippen LogP contribution < -0.4 is 0 Å². The molecule has 0 saturated heterocycles. The van der Waals surface area contributed by atoms with Crippen LogP contribution in [-0.2, 0) is 0 Å². The van der Waals surface area contributed by atoms with Crippen LogP contribution in [0, 0.1) is 6.92 Å². The molecule has 0 amide bonds. The second-order valence-electron chi connectivity index (χ2n) is 3.82. The number of rotatable bonds is 0. The molecule has 1 aliphatic rings. The van der Waals surface area contributed by atoms with Crippen LogP contribution in [0.1, 0.15) is 29.5 Å². The third-order valence-electron chi connectivity index (χ3n) is 2.91. The lowest BCUT2D eigenvalue weighted by Crippen LogP contribution is -1.88. The summed E-state index contributed by atoms with van der Waals surface area (Å²) in [7, 11) is 0. The summed E-state index contributed by atoms with van der Waals surface area (Å²) in [5.74, 6) is 0.447. The summed E-state index contributed by atoms with van der Waals surface area (Å²) < 4.78 is 0. The molecule has 1 aromatic rings.